The summed E-state index contributed by atoms with van der Waals surface area (Å²) in [7, 11) is 0. The van der Waals surface area contributed by atoms with E-state index in [1.807, 2.05) is 0 Å². The Hall–Kier alpha value is -2.74. The molecular weight excluding hydrogens is 302 g/mol. The van der Waals surface area contributed by atoms with Crippen LogP contribution in [0.1, 0.15) is 30.2 Å². The molecule has 0 aliphatic rings. The molecule has 0 saturated carbocycles. The van der Waals surface area contributed by atoms with Crippen molar-refractivity contribution in [1.29, 1.82) is 0 Å². The Bertz CT molecular complexity index is 796. The standard InChI is InChI=1S/C15H14F2N6/c1-9(18)14-21-13(7-10-5-11(16)8-12(17)6-10)22-23(14)15-19-3-2-4-20-15/h2-6,8-9H,7,18H2,1H3. The van der Waals surface area contributed by atoms with E-state index in [0.717, 1.165) is 6.07 Å². The Labute approximate surface area is 131 Å². The quantitative estimate of drug-likeness (QED) is 0.795. The van der Waals surface area contributed by atoms with Gasteiger partial charge in [-0.15, -0.1) is 5.10 Å². The molecule has 6 nitrogen and oxygen atoms in total. The smallest absolute Gasteiger partial charge is 0.252 e. The fourth-order valence-corrected chi connectivity index (χ4v) is 2.18. The molecule has 8 heteroatoms. The summed E-state index contributed by atoms with van der Waals surface area (Å²) in [5.74, 6) is -0.0849. The topological polar surface area (TPSA) is 82.5 Å². The molecule has 1 atom stereocenters. The van der Waals surface area contributed by atoms with E-state index in [1.54, 1.807) is 25.4 Å². The second-order valence-electron chi connectivity index (χ2n) is 5.09. The normalized spacial score (nSPS) is 12.3. The highest BCUT2D eigenvalue weighted by Gasteiger charge is 2.17. The number of halogens is 2. The van der Waals surface area contributed by atoms with Crippen molar-refractivity contribution >= 4 is 0 Å². The summed E-state index contributed by atoms with van der Waals surface area (Å²) in [5.41, 5.74) is 6.34. The van der Waals surface area contributed by atoms with E-state index >= 15 is 0 Å². The van der Waals surface area contributed by atoms with Gasteiger partial charge in [0.2, 0.25) is 0 Å². The summed E-state index contributed by atoms with van der Waals surface area (Å²) >= 11 is 0. The van der Waals surface area contributed by atoms with Gasteiger partial charge in [-0.1, -0.05) is 0 Å². The van der Waals surface area contributed by atoms with Crippen LogP contribution >= 0.6 is 0 Å². The van der Waals surface area contributed by atoms with Gasteiger partial charge in [0.05, 0.1) is 6.04 Å². The predicted molar refractivity (Wildman–Crippen MR) is 78.7 cm³/mol. The van der Waals surface area contributed by atoms with Crippen molar-refractivity contribution in [1.82, 2.24) is 24.7 Å². The second-order valence-corrected chi connectivity index (χ2v) is 5.09. The summed E-state index contributed by atoms with van der Waals surface area (Å²) in [6, 6.07) is 4.59. The van der Waals surface area contributed by atoms with Crippen molar-refractivity contribution in [2.45, 2.75) is 19.4 Å². The zero-order valence-corrected chi connectivity index (χ0v) is 12.3. The van der Waals surface area contributed by atoms with Crippen LogP contribution in [0.3, 0.4) is 0 Å². The zero-order chi connectivity index (χ0) is 16.4. The van der Waals surface area contributed by atoms with Crippen LogP contribution in [-0.2, 0) is 6.42 Å². The van der Waals surface area contributed by atoms with Gasteiger partial charge in [-0.25, -0.2) is 23.7 Å². The van der Waals surface area contributed by atoms with Crippen LogP contribution < -0.4 is 5.73 Å². The van der Waals surface area contributed by atoms with Crippen molar-refractivity contribution in [2.24, 2.45) is 5.73 Å². The van der Waals surface area contributed by atoms with E-state index in [2.05, 4.69) is 20.1 Å². The van der Waals surface area contributed by atoms with E-state index in [4.69, 9.17) is 5.73 Å². The minimum Gasteiger partial charge on any atom is -0.322 e. The monoisotopic (exact) mass is 316 g/mol. The minimum atomic E-state index is -0.641. The molecule has 0 bridgehead atoms. The average molecular weight is 316 g/mol. The number of benzene rings is 1. The molecule has 23 heavy (non-hydrogen) atoms. The third-order valence-electron chi connectivity index (χ3n) is 3.11. The third kappa shape index (κ3) is 3.37. The maximum atomic E-state index is 13.3. The maximum absolute atomic E-state index is 13.3. The summed E-state index contributed by atoms with van der Waals surface area (Å²) in [4.78, 5) is 12.6. The lowest BCUT2D eigenvalue weighted by Crippen LogP contribution is -2.14. The molecule has 0 radical (unpaired) electrons. The Kier molecular flexibility index (Phi) is 4.07. The molecule has 0 fully saturated rings. The summed E-state index contributed by atoms with van der Waals surface area (Å²) in [5, 5.41) is 4.31. The van der Waals surface area contributed by atoms with Gasteiger partial charge in [0.1, 0.15) is 11.6 Å². The predicted octanol–water partition coefficient (Wildman–Crippen LogP) is 1.95. The number of nitrogens with two attached hydrogens (primary N) is 1. The van der Waals surface area contributed by atoms with Crippen molar-refractivity contribution in [3.63, 3.8) is 0 Å². The first-order valence-corrected chi connectivity index (χ1v) is 6.96. The minimum absolute atomic E-state index is 0.175. The molecule has 0 saturated heterocycles. The molecule has 3 rings (SSSR count). The number of aromatic nitrogens is 5. The van der Waals surface area contributed by atoms with Gasteiger partial charge in [-0.3, -0.25) is 0 Å². The molecule has 118 valence electrons. The lowest BCUT2D eigenvalue weighted by Gasteiger charge is -2.05. The first-order valence-electron chi connectivity index (χ1n) is 6.96. The van der Waals surface area contributed by atoms with E-state index in [-0.39, 0.29) is 6.42 Å². The van der Waals surface area contributed by atoms with Gasteiger partial charge in [-0.05, 0) is 30.7 Å². The molecule has 2 heterocycles. The van der Waals surface area contributed by atoms with Crippen molar-refractivity contribution in [3.05, 3.63) is 65.5 Å². The first kappa shape index (κ1) is 15.2. The Morgan fingerprint density at radius 2 is 1.78 bits per heavy atom. The fourth-order valence-electron chi connectivity index (χ4n) is 2.18. The summed E-state index contributed by atoms with van der Waals surface area (Å²) in [6.45, 7) is 1.76. The summed E-state index contributed by atoms with van der Waals surface area (Å²) in [6.07, 6.45) is 3.33. The molecule has 2 N–H and O–H groups in total. The van der Waals surface area contributed by atoms with E-state index in [0.29, 0.717) is 23.2 Å². The average Bonchev–Trinajstić information content (AvgIpc) is 2.91. The maximum Gasteiger partial charge on any atom is 0.252 e. The highest BCUT2D eigenvalue weighted by Crippen LogP contribution is 2.15. The molecule has 1 unspecified atom stereocenters. The van der Waals surface area contributed by atoms with Crippen LogP contribution in [0, 0.1) is 11.6 Å². The van der Waals surface area contributed by atoms with Crippen molar-refractivity contribution in [2.75, 3.05) is 0 Å². The largest absolute Gasteiger partial charge is 0.322 e. The first-order chi connectivity index (χ1) is 11.0. The van der Waals surface area contributed by atoms with Gasteiger partial charge in [-0.2, -0.15) is 4.68 Å². The van der Waals surface area contributed by atoms with E-state index < -0.39 is 17.7 Å². The van der Waals surface area contributed by atoms with Crippen molar-refractivity contribution in [3.8, 4) is 5.95 Å². The van der Waals surface area contributed by atoms with E-state index in [9.17, 15) is 8.78 Å². The number of rotatable bonds is 4. The molecule has 3 aromatic rings. The molecule has 1 aromatic carbocycles. The molecule has 0 aliphatic heterocycles. The van der Waals surface area contributed by atoms with Crippen LogP contribution in [0.15, 0.2) is 36.7 Å². The van der Waals surface area contributed by atoms with Crippen LogP contribution in [0.2, 0.25) is 0 Å². The summed E-state index contributed by atoms with van der Waals surface area (Å²) < 4.78 is 28.0. The molecule has 2 aromatic heterocycles. The van der Waals surface area contributed by atoms with Gasteiger partial charge >= 0.3 is 0 Å². The van der Waals surface area contributed by atoms with Gasteiger partial charge in [0.25, 0.3) is 5.95 Å². The lowest BCUT2D eigenvalue weighted by atomic mass is 10.1. The fraction of sp³-hybridized carbons (Fsp3) is 0.200. The van der Waals surface area contributed by atoms with Crippen LogP contribution in [-0.4, -0.2) is 24.7 Å². The van der Waals surface area contributed by atoms with Crippen LogP contribution in [0.5, 0.6) is 0 Å². The second kappa shape index (κ2) is 6.17. The lowest BCUT2D eigenvalue weighted by molar-refractivity contribution is 0.580. The Balaban J connectivity index is 1.98. The molecule has 0 aliphatic carbocycles. The Morgan fingerprint density at radius 1 is 1.13 bits per heavy atom. The number of hydrogen-bond acceptors (Lipinski definition) is 5. The Morgan fingerprint density at radius 3 is 2.39 bits per heavy atom. The third-order valence-corrected chi connectivity index (χ3v) is 3.11. The molecular formula is C15H14F2N6. The van der Waals surface area contributed by atoms with Crippen LogP contribution in [0.25, 0.3) is 5.95 Å². The van der Waals surface area contributed by atoms with Gasteiger partial charge in [0, 0.05) is 24.9 Å². The highest BCUT2D eigenvalue weighted by atomic mass is 19.1. The van der Waals surface area contributed by atoms with Gasteiger partial charge < -0.3 is 5.73 Å². The van der Waals surface area contributed by atoms with Crippen LogP contribution in [0.4, 0.5) is 8.78 Å². The zero-order valence-electron chi connectivity index (χ0n) is 12.3. The van der Waals surface area contributed by atoms with Crippen molar-refractivity contribution < 1.29 is 8.78 Å². The molecule has 0 spiro atoms. The molecule has 0 amide bonds. The number of nitrogens with zero attached hydrogens (tertiary/aromatic N) is 5. The van der Waals surface area contributed by atoms with E-state index in [1.165, 1.54) is 16.8 Å². The SMILES string of the molecule is CC(N)c1nc(Cc2cc(F)cc(F)c2)nn1-c1ncccn1. The highest BCUT2D eigenvalue weighted by molar-refractivity contribution is 5.22. The van der Waals surface area contributed by atoms with Gasteiger partial charge in [0.15, 0.2) is 11.6 Å². The number of hydrogen-bond donors (Lipinski definition) is 1.